The number of aryl methyl sites for hydroxylation is 1. The van der Waals surface area contributed by atoms with Crippen LogP contribution in [0.1, 0.15) is 41.7 Å². The van der Waals surface area contributed by atoms with Gasteiger partial charge < -0.3 is 9.72 Å². The number of aromatic nitrogens is 1. The quantitative estimate of drug-likeness (QED) is 0.336. The number of nitrogens with zero attached hydrogens (tertiary/aromatic N) is 1. The molecule has 3 heteroatoms. The molecule has 3 aromatic carbocycles. The zero-order valence-corrected chi connectivity index (χ0v) is 18.6. The van der Waals surface area contributed by atoms with E-state index in [2.05, 4.69) is 79.6 Å². The Labute approximate surface area is 184 Å². The number of benzene rings is 3. The van der Waals surface area contributed by atoms with Gasteiger partial charge in [-0.25, -0.2) is 0 Å². The van der Waals surface area contributed by atoms with Gasteiger partial charge in [0.2, 0.25) is 0 Å². The molecule has 158 valence electrons. The highest BCUT2D eigenvalue weighted by Gasteiger charge is 2.05. The Bertz CT molecular complexity index is 1200. The van der Waals surface area contributed by atoms with Crippen LogP contribution in [-0.2, 0) is 19.3 Å². The summed E-state index contributed by atoms with van der Waals surface area (Å²) in [4.78, 5) is 8.27. The molecule has 0 atom stereocenters. The molecule has 0 aliphatic carbocycles. The maximum absolute atomic E-state index is 5.35. The zero-order valence-electron chi connectivity index (χ0n) is 18.6. The van der Waals surface area contributed by atoms with E-state index in [-0.39, 0.29) is 0 Å². The Hall–Kier alpha value is -3.33. The second-order valence-corrected chi connectivity index (χ2v) is 7.99. The predicted octanol–water partition coefficient (Wildman–Crippen LogP) is 6.38. The molecule has 0 amide bonds. The first kappa shape index (κ1) is 20.9. The van der Waals surface area contributed by atoms with Gasteiger partial charge in [0, 0.05) is 29.4 Å². The summed E-state index contributed by atoms with van der Waals surface area (Å²) in [5, 5.41) is 1.33. The van der Waals surface area contributed by atoms with Crippen molar-refractivity contribution in [2.75, 3.05) is 13.7 Å². The van der Waals surface area contributed by atoms with E-state index < -0.39 is 0 Å². The van der Waals surface area contributed by atoms with E-state index in [1.165, 1.54) is 38.7 Å². The summed E-state index contributed by atoms with van der Waals surface area (Å²) < 4.78 is 5.35. The van der Waals surface area contributed by atoms with Crippen molar-refractivity contribution in [1.29, 1.82) is 0 Å². The summed E-state index contributed by atoms with van der Waals surface area (Å²) in [6, 6.07) is 23.6. The summed E-state index contributed by atoms with van der Waals surface area (Å²) in [6.07, 6.45) is 5.01. The molecule has 1 aromatic heterocycles. The van der Waals surface area contributed by atoms with Crippen LogP contribution in [-0.4, -0.2) is 24.4 Å². The number of H-pyrrole nitrogens is 1. The minimum absolute atomic E-state index is 0.787. The SMILES string of the molecule is CCc1ccc2[nH]cc(CCN=C(C)c3cccc(Cc4cccc(OC)c4)c3)c2c1. The van der Waals surface area contributed by atoms with E-state index in [0.29, 0.717) is 0 Å². The predicted molar refractivity (Wildman–Crippen MR) is 131 cm³/mol. The van der Waals surface area contributed by atoms with Crippen molar-refractivity contribution in [2.45, 2.75) is 33.1 Å². The molecule has 0 radical (unpaired) electrons. The summed E-state index contributed by atoms with van der Waals surface area (Å²) >= 11 is 0. The smallest absolute Gasteiger partial charge is 0.119 e. The number of aromatic amines is 1. The number of fused-ring (bicyclic) bond motifs is 1. The Morgan fingerprint density at radius 1 is 0.935 bits per heavy atom. The van der Waals surface area contributed by atoms with Gasteiger partial charge in [-0.2, -0.15) is 0 Å². The first-order valence-electron chi connectivity index (χ1n) is 11.0. The van der Waals surface area contributed by atoms with Gasteiger partial charge in [-0.3, -0.25) is 4.99 Å². The van der Waals surface area contributed by atoms with Crippen LogP contribution in [0.2, 0.25) is 0 Å². The third-order valence-corrected chi connectivity index (χ3v) is 5.86. The molecular formula is C28H30N2O. The number of aliphatic imine (C=N–C) groups is 1. The number of ether oxygens (including phenoxy) is 1. The first-order valence-corrected chi connectivity index (χ1v) is 11.0. The summed E-state index contributed by atoms with van der Waals surface area (Å²) in [5.41, 5.74) is 8.72. The lowest BCUT2D eigenvalue weighted by atomic mass is 10.0. The molecule has 0 saturated carbocycles. The lowest BCUT2D eigenvalue weighted by molar-refractivity contribution is 0.414. The lowest BCUT2D eigenvalue weighted by Gasteiger charge is -2.07. The number of rotatable bonds is 8. The van der Waals surface area contributed by atoms with Crippen LogP contribution in [0.5, 0.6) is 5.75 Å². The van der Waals surface area contributed by atoms with Gasteiger partial charge in [-0.1, -0.05) is 43.3 Å². The topological polar surface area (TPSA) is 37.4 Å². The molecule has 4 rings (SSSR count). The van der Waals surface area contributed by atoms with Gasteiger partial charge in [0.1, 0.15) is 5.75 Å². The van der Waals surface area contributed by atoms with Gasteiger partial charge in [-0.05, 0) is 84.3 Å². The largest absolute Gasteiger partial charge is 0.497 e. The first-order chi connectivity index (χ1) is 15.2. The molecule has 0 aliphatic rings. The highest BCUT2D eigenvalue weighted by atomic mass is 16.5. The standard InChI is InChI=1S/C28H30N2O/c1-4-21-11-12-28-27(18-21)25(19-30-28)13-14-29-20(2)24-9-5-7-22(16-24)15-23-8-6-10-26(17-23)31-3/h5-12,16-19,30H,4,13-15H2,1-3H3. The van der Waals surface area contributed by atoms with Crippen LogP contribution >= 0.6 is 0 Å². The number of nitrogens with one attached hydrogen (secondary N) is 1. The van der Waals surface area contributed by atoms with Crippen LogP contribution in [0.15, 0.2) is 77.9 Å². The van der Waals surface area contributed by atoms with Crippen LogP contribution in [0.25, 0.3) is 10.9 Å². The van der Waals surface area contributed by atoms with E-state index in [1.54, 1.807) is 7.11 Å². The van der Waals surface area contributed by atoms with Crippen LogP contribution < -0.4 is 4.74 Å². The van der Waals surface area contributed by atoms with Gasteiger partial charge in [0.15, 0.2) is 0 Å². The fraction of sp³-hybridized carbons (Fsp3) is 0.250. The van der Waals surface area contributed by atoms with E-state index in [1.807, 2.05) is 12.1 Å². The highest BCUT2D eigenvalue weighted by Crippen LogP contribution is 2.21. The van der Waals surface area contributed by atoms with Crippen molar-refractivity contribution in [3.05, 3.63) is 101 Å². The number of hydrogen-bond donors (Lipinski definition) is 1. The third kappa shape index (κ3) is 5.05. The summed E-state index contributed by atoms with van der Waals surface area (Å²) in [5.74, 6) is 0.898. The maximum Gasteiger partial charge on any atom is 0.119 e. The average molecular weight is 411 g/mol. The van der Waals surface area contributed by atoms with Crippen LogP contribution in [0.4, 0.5) is 0 Å². The second-order valence-electron chi connectivity index (χ2n) is 7.99. The Kier molecular flexibility index (Phi) is 6.51. The van der Waals surface area contributed by atoms with Gasteiger partial charge in [-0.15, -0.1) is 0 Å². The van der Waals surface area contributed by atoms with Crippen LogP contribution in [0.3, 0.4) is 0 Å². The van der Waals surface area contributed by atoms with Crippen molar-refractivity contribution in [2.24, 2.45) is 4.99 Å². The average Bonchev–Trinajstić information content (AvgIpc) is 3.21. The van der Waals surface area contributed by atoms with Crippen molar-refractivity contribution in [3.63, 3.8) is 0 Å². The summed E-state index contributed by atoms with van der Waals surface area (Å²) in [7, 11) is 1.71. The minimum atomic E-state index is 0.787. The van der Waals surface area contributed by atoms with E-state index in [4.69, 9.17) is 9.73 Å². The van der Waals surface area contributed by atoms with Crippen molar-refractivity contribution >= 4 is 16.6 Å². The number of hydrogen-bond acceptors (Lipinski definition) is 2. The fourth-order valence-electron chi connectivity index (χ4n) is 4.01. The van der Waals surface area contributed by atoms with E-state index >= 15 is 0 Å². The van der Waals surface area contributed by atoms with Gasteiger partial charge >= 0.3 is 0 Å². The molecule has 0 bridgehead atoms. The molecule has 1 N–H and O–H groups in total. The molecule has 3 nitrogen and oxygen atoms in total. The van der Waals surface area contributed by atoms with Crippen molar-refractivity contribution in [3.8, 4) is 5.75 Å². The molecule has 31 heavy (non-hydrogen) atoms. The Morgan fingerprint density at radius 3 is 2.55 bits per heavy atom. The molecular weight excluding hydrogens is 380 g/mol. The number of methoxy groups -OCH3 is 1. The van der Waals surface area contributed by atoms with Crippen molar-refractivity contribution < 1.29 is 4.74 Å². The molecule has 4 aromatic rings. The van der Waals surface area contributed by atoms with Gasteiger partial charge in [0.25, 0.3) is 0 Å². The molecule has 0 aliphatic heterocycles. The molecule has 0 unspecified atom stereocenters. The third-order valence-electron chi connectivity index (χ3n) is 5.86. The zero-order chi connectivity index (χ0) is 21.6. The Balaban J connectivity index is 1.44. The van der Waals surface area contributed by atoms with E-state index in [0.717, 1.165) is 37.3 Å². The van der Waals surface area contributed by atoms with Crippen molar-refractivity contribution in [1.82, 2.24) is 4.98 Å². The molecule has 0 spiro atoms. The fourth-order valence-corrected chi connectivity index (χ4v) is 4.01. The molecule has 0 fully saturated rings. The monoisotopic (exact) mass is 410 g/mol. The van der Waals surface area contributed by atoms with Crippen LogP contribution in [0, 0.1) is 0 Å². The second kappa shape index (κ2) is 9.65. The summed E-state index contributed by atoms with van der Waals surface area (Å²) in [6.45, 7) is 5.09. The Morgan fingerprint density at radius 2 is 1.74 bits per heavy atom. The highest BCUT2D eigenvalue weighted by molar-refractivity contribution is 5.98. The minimum Gasteiger partial charge on any atom is -0.497 e. The normalized spacial score (nSPS) is 11.8. The lowest BCUT2D eigenvalue weighted by Crippen LogP contribution is -2.00. The maximum atomic E-state index is 5.35. The molecule has 1 heterocycles. The van der Waals surface area contributed by atoms with Gasteiger partial charge in [0.05, 0.1) is 7.11 Å². The van der Waals surface area contributed by atoms with E-state index in [9.17, 15) is 0 Å². The molecule has 0 saturated heterocycles.